The minimum atomic E-state index is -0.390. The Morgan fingerprint density at radius 2 is 1.66 bits per heavy atom. The Hall–Kier alpha value is -2.86. The molecule has 2 aromatic rings. The fourth-order valence-electron chi connectivity index (χ4n) is 3.20. The summed E-state index contributed by atoms with van der Waals surface area (Å²) in [7, 11) is 0. The molecule has 32 heavy (non-hydrogen) atoms. The molecular weight excluding hydrogens is 402 g/mol. The molecule has 1 unspecified atom stereocenters. The zero-order valence-electron chi connectivity index (χ0n) is 19.5. The van der Waals surface area contributed by atoms with Gasteiger partial charge in [0, 0.05) is 12.5 Å². The lowest BCUT2D eigenvalue weighted by atomic mass is 10.0. The monoisotopic (exact) mass is 438 g/mol. The molecule has 1 atom stereocenters. The highest BCUT2D eigenvalue weighted by molar-refractivity contribution is 5.86. The number of nitrogens with two attached hydrogens (primary N) is 1. The van der Waals surface area contributed by atoms with E-state index in [0.717, 1.165) is 36.4 Å². The van der Waals surface area contributed by atoms with Crippen LogP contribution in [0.4, 0.5) is 0 Å². The van der Waals surface area contributed by atoms with E-state index in [1.165, 1.54) is 0 Å². The molecular formula is C26H36N3O3. The van der Waals surface area contributed by atoms with E-state index in [4.69, 9.17) is 10.5 Å². The number of primary amides is 1. The number of carbonyl (C=O) groups excluding carboxylic acids is 2. The van der Waals surface area contributed by atoms with Crippen LogP contribution in [0.3, 0.4) is 0 Å². The van der Waals surface area contributed by atoms with E-state index >= 15 is 0 Å². The van der Waals surface area contributed by atoms with Crippen LogP contribution < -0.4 is 10.5 Å². The van der Waals surface area contributed by atoms with E-state index < -0.39 is 0 Å². The largest absolute Gasteiger partial charge is 0.489 e. The van der Waals surface area contributed by atoms with Gasteiger partial charge in [-0.2, -0.15) is 0 Å². The van der Waals surface area contributed by atoms with E-state index in [1.807, 2.05) is 59.5 Å². The number of amides is 2. The summed E-state index contributed by atoms with van der Waals surface area (Å²) in [5, 5.41) is 0. The van der Waals surface area contributed by atoms with Gasteiger partial charge in [-0.3, -0.25) is 14.5 Å². The van der Waals surface area contributed by atoms with Crippen LogP contribution in [0.1, 0.15) is 38.3 Å². The molecule has 0 aromatic heterocycles. The maximum atomic E-state index is 12.8. The summed E-state index contributed by atoms with van der Waals surface area (Å²) < 4.78 is 5.85. The summed E-state index contributed by atoms with van der Waals surface area (Å²) in [5.74, 6) is 0.0202. The Bertz CT molecular complexity index is 820. The molecule has 2 amide bonds. The summed E-state index contributed by atoms with van der Waals surface area (Å²) in [6, 6.07) is 18.1. The maximum absolute atomic E-state index is 12.8. The van der Waals surface area contributed by atoms with E-state index in [-0.39, 0.29) is 17.7 Å². The standard InChI is InChI=1S/C26H36N3O3/c1-4-28(5-2)20-29(25(30)16-11-21(3)26(27)31)18-17-22-12-14-24(15-13-22)32-19-23-9-7-6-8-10-23/h6-10,12-16,21H,4-5,11,17-20H2,1-3H3,(H2,27,31). The van der Waals surface area contributed by atoms with E-state index in [9.17, 15) is 9.59 Å². The van der Waals surface area contributed by atoms with Gasteiger partial charge in [-0.15, -0.1) is 0 Å². The highest BCUT2D eigenvalue weighted by atomic mass is 16.5. The van der Waals surface area contributed by atoms with Crippen LogP contribution in [0.5, 0.6) is 5.75 Å². The third-order valence-electron chi connectivity index (χ3n) is 5.55. The van der Waals surface area contributed by atoms with Crippen molar-refractivity contribution in [3.8, 4) is 5.75 Å². The molecule has 6 nitrogen and oxygen atoms in total. The zero-order chi connectivity index (χ0) is 23.3. The van der Waals surface area contributed by atoms with Gasteiger partial charge < -0.3 is 15.4 Å². The van der Waals surface area contributed by atoms with Crippen molar-refractivity contribution in [3.05, 3.63) is 72.1 Å². The molecule has 1 radical (unpaired) electrons. The van der Waals surface area contributed by atoms with Crippen molar-refractivity contribution < 1.29 is 14.3 Å². The van der Waals surface area contributed by atoms with Gasteiger partial charge in [0.15, 0.2) is 0 Å². The number of carbonyl (C=O) groups is 2. The molecule has 0 saturated carbocycles. The Kier molecular flexibility index (Phi) is 10.7. The van der Waals surface area contributed by atoms with Crippen LogP contribution in [-0.2, 0) is 22.6 Å². The SMILES string of the molecule is CCN(CC)CN(CCc1ccc(OCc2ccccc2)cc1)C(=O)[CH]CC(C)C(N)=O. The second-order valence-corrected chi connectivity index (χ2v) is 7.96. The van der Waals surface area contributed by atoms with Crippen LogP contribution in [0.15, 0.2) is 54.6 Å². The average molecular weight is 439 g/mol. The van der Waals surface area contributed by atoms with Gasteiger partial charge in [-0.25, -0.2) is 0 Å². The third kappa shape index (κ3) is 8.71. The van der Waals surface area contributed by atoms with E-state index in [0.29, 0.717) is 26.2 Å². The first-order valence-electron chi connectivity index (χ1n) is 11.3. The second-order valence-electron chi connectivity index (χ2n) is 7.96. The first-order chi connectivity index (χ1) is 15.4. The molecule has 0 spiro atoms. The van der Waals surface area contributed by atoms with Gasteiger partial charge in [0.2, 0.25) is 11.8 Å². The minimum Gasteiger partial charge on any atom is -0.489 e. The van der Waals surface area contributed by atoms with E-state index in [1.54, 1.807) is 13.3 Å². The molecule has 173 valence electrons. The molecule has 0 fully saturated rings. The van der Waals surface area contributed by atoms with Crippen LogP contribution in [0.2, 0.25) is 0 Å². The zero-order valence-corrected chi connectivity index (χ0v) is 19.5. The second kappa shape index (κ2) is 13.5. The van der Waals surface area contributed by atoms with Crippen molar-refractivity contribution >= 4 is 11.8 Å². The molecule has 0 bridgehead atoms. The van der Waals surface area contributed by atoms with Gasteiger partial charge in [-0.1, -0.05) is 63.2 Å². The number of hydrogen-bond acceptors (Lipinski definition) is 4. The van der Waals surface area contributed by atoms with Crippen molar-refractivity contribution in [2.24, 2.45) is 11.7 Å². The first-order valence-corrected chi connectivity index (χ1v) is 11.3. The summed E-state index contributed by atoms with van der Waals surface area (Å²) in [5.41, 5.74) is 7.59. The average Bonchev–Trinajstić information content (AvgIpc) is 2.82. The molecule has 0 heterocycles. The minimum absolute atomic E-state index is 0.0622. The van der Waals surface area contributed by atoms with Crippen molar-refractivity contribution in [3.63, 3.8) is 0 Å². The molecule has 0 aliphatic carbocycles. The van der Waals surface area contributed by atoms with Gasteiger partial charge in [0.25, 0.3) is 0 Å². The van der Waals surface area contributed by atoms with Crippen molar-refractivity contribution in [1.29, 1.82) is 0 Å². The van der Waals surface area contributed by atoms with Gasteiger partial charge in [0.05, 0.1) is 13.1 Å². The summed E-state index contributed by atoms with van der Waals surface area (Å²) in [6.07, 6.45) is 2.68. The lowest BCUT2D eigenvalue weighted by molar-refractivity contribution is -0.130. The molecule has 0 saturated heterocycles. The van der Waals surface area contributed by atoms with Crippen LogP contribution >= 0.6 is 0 Å². The van der Waals surface area contributed by atoms with Crippen molar-refractivity contribution in [1.82, 2.24) is 9.80 Å². The summed E-state index contributed by atoms with van der Waals surface area (Å²) >= 11 is 0. The maximum Gasteiger partial charge on any atom is 0.227 e. The van der Waals surface area contributed by atoms with Crippen molar-refractivity contribution in [2.75, 3.05) is 26.3 Å². The number of nitrogens with zero attached hydrogens (tertiary/aromatic N) is 2. The van der Waals surface area contributed by atoms with Crippen LogP contribution in [0, 0.1) is 12.3 Å². The predicted molar refractivity (Wildman–Crippen MR) is 128 cm³/mol. The number of rotatable bonds is 14. The number of ether oxygens (including phenoxy) is 1. The topological polar surface area (TPSA) is 75.9 Å². The molecule has 6 heteroatoms. The quantitative estimate of drug-likeness (QED) is 0.457. The fraction of sp³-hybridized carbons (Fsp3) is 0.423. The summed E-state index contributed by atoms with van der Waals surface area (Å²) in [4.78, 5) is 28.1. The van der Waals surface area contributed by atoms with E-state index in [2.05, 4.69) is 18.7 Å². The van der Waals surface area contributed by atoms with Crippen LogP contribution in [-0.4, -0.2) is 47.9 Å². The Labute approximate surface area is 192 Å². The molecule has 2 N–H and O–H groups in total. The smallest absolute Gasteiger partial charge is 0.227 e. The Morgan fingerprint density at radius 3 is 2.25 bits per heavy atom. The number of hydrogen-bond donors (Lipinski definition) is 1. The Balaban J connectivity index is 1.91. The molecule has 0 aliphatic rings. The lowest BCUT2D eigenvalue weighted by Crippen LogP contribution is -2.43. The molecule has 2 aromatic carbocycles. The van der Waals surface area contributed by atoms with Crippen LogP contribution in [0.25, 0.3) is 0 Å². The predicted octanol–water partition coefficient (Wildman–Crippen LogP) is 3.65. The fourth-order valence-corrected chi connectivity index (χ4v) is 3.20. The Morgan fingerprint density at radius 1 is 1.00 bits per heavy atom. The highest BCUT2D eigenvalue weighted by Gasteiger charge is 2.19. The van der Waals surface area contributed by atoms with Gasteiger partial charge in [-0.05, 0) is 49.2 Å². The van der Waals surface area contributed by atoms with Gasteiger partial charge in [0.1, 0.15) is 12.4 Å². The van der Waals surface area contributed by atoms with Crippen molar-refractivity contribution in [2.45, 2.75) is 40.2 Å². The first kappa shape index (κ1) is 25.4. The summed E-state index contributed by atoms with van der Waals surface area (Å²) in [6.45, 7) is 9.33. The highest BCUT2D eigenvalue weighted by Crippen LogP contribution is 2.15. The third-order valence-corrected chi connectivity index (χ3v) is 5.55. The molecule has 0 aliphatic heterocycles. The molecule has 2 rings (SSSR count). The van der Waals surface area contributed by atoms with Gasteiger partial charge >= 0.3 is 0 Å². The normalized spacial score (nSPS) is 11.9. The number of benzene rings is 2. The lowest BCUT2D eigenvalue weighted by Gasteiger charge is -2.29.